The summed E-state index contributed by atoms with van der Waals surface area (Å²) in [6, 6.07) is 6.73. The molecule has 1 spiro atoms. The molecule has 2 aliphatic heterocycles. The van der Waals surface area contributed by atoms with Crippen LogP contribution in [0.1, 0.15) is 89.8 Å². The summed E-state index contributed by atoms with van der Waals surface area (Å²) in [7, 11) is 4.08. The lowest BCUT2D eigenvalue weighted by molar-refractivity contribution is 0.180. The standard InChI is InChI=1S/C29H37N5OS/c1-17-19(3)36-28-25(17)26(30-18(2)27-32-31-20(4)34(27)28)22-7-8-23(24(15-22)35-6)21-9-11-29(12-10-21)13-14-33(5)16-29/h7-8,15,18,21H,9-14,16H2,1-6H3/t18-,21?,29?/m0/s1. The Kier molecular flexibility index (Phi) is 5.84. The number of methoxy groups -OCH3 is 1. The molecule has 2 fully saturated rings. The summed E-state index contributed by atoms with van der Waals surface area (Å²) in [4.78, 5) is 9.04. The number of ether oxygens (including phenoxy) is 1. The predicted octanol–water partition coefficient (Wildman–Crippen LogP) is 6.15. The van der Waals surface area contributed by atoms with Gasteiger partial charge in [0, 0.05) is 22.5 Å². The van der Waals surface area contributed by atoms with Gasteiger partial charge in [0.15, 0.2) is 5.82 Å². The molecule has 1 saturated carbocycles. The molecule has 0 radical (unpaired) electrons. The number of hydrogen-bond donors (Lipinski definition) is 0. The van der Waals surface area contributed by atoms with Crippen molar-refractivity contribution in [2.24, 2.45) is 10.4 Å². The maximum Gasteiger partial charge on any atom is 0.162 e. The zero-order valence-electron chi connectivity index (χ0n) is 22.4. The van der Waals surface area contributed by atoms with Crippen LogP contribution < -0.4 is 4.74 Å². The molecule has 190 valence electrons. The van der Waals surface area contributed by atoms with Crippen molar-refractivity contribution in [1.29, 1.82) is 0 Å². The Labute approximate surface area is 218 Å². The van der Waals surface area contributed by atoms with Crippen molar-refractivity contribution in [2.75, 3.05) is 27.2 Å². The topological polar surface area (TPSA) is 55.5 Å². The number of nitrogens with zero attached hydrogens (tertiary/aromatic N) is 5. The second-order valence-corrected chi connectivity index (χ2v) is 12.5. The van der Waals surface area contributed by atoms with Gasteiger partial charge >= 0.3 is 0 Å². The Morgan fingerprint density at radius 1 is 1.08 bits per heavy atom. The SMILES string of the molecule is COc1cc(C2=N[C@@H](C)c3nnc(C)n3-c3sc(C)c(C)c32)ccc1C1CCC2(CC1)CCN(C)C2. The van der Waals surface area contributed by atoms with Crippen molar-refractivity contribution in [3.8, 4) is 10.8 Å². The molecule has 1 aliphatic carbocycles. The number of rotatable bonds is 3. The van der Waals surface area contributed by atoms with E-state index in [-0.39, 0.29) is 6.04 Å². The molecule has 36 heavy (non-hydrogen) atoms. The van der Waals surface area contributed by atoms with Crippen LogP contribution in [-0.2, 0) is 0 Å². The molecule has 6 nitrogen and oxygen atoms in total. The number of benzene rings is 1. The van der Waals surface area contributed by atoms with Gasteiger partial charge in [0.25, 0.3) is 0 Å². The van der Waals surface area contributed by atoms with Gasteiger partial charge < -0.3 is 9.64 Å². The van der Waals surface area contributed by atoms with Gasteiger partial charge in [0.05, 0.1) is 12.8 Å². The van der Waals surface area contributed by atoms with Gasteiger partial charge in [-0.25, -0.2) is 0 Å². The van der Waals surface area contributed by atoms with Crippen LogP contribution in [0.4, 0.5) is 0 Å². The van der Waals surface area contributed by atoms with E-state index in [4.69, 9.17) is 9.73 Å². The van der Waals surface area contributed by atoms with E-state index in [2.05, 4.69) is 65.7 Å². The quantitative estimate of drug-likeness (QED) is 0.430. The first-order valence-corrected chi connectivity index (χ1v) is 14.1. The van der Waals surface area contributed by atoms with Crippen molar-refractivity contribution < 1.29 is 4.74 Å². The van der Waals surface area contributed by atoms with Crippen molar-refractivity contribution in [1.82, 2.24) is 19.7 Å². The molecule has 2 aromatic heterocycles. The Balaban J connectivity index is 1.37. The van der Waals surface area contributed by atoms with Gasteiger partial charge in [-0.3, -0.25) is 9.56 Å². The Hall–Kier alpha value is -2.51. The molecule has 7 heteroatoms. The second kappa shape index (κ2) is 8.80. The van der Waals surface area contributed by atoms with Gasteiger partial charge in [-0.1, -0.05) is 12.1 Å². The third-order valence-corrected chi connectivity index (χ3v) is 10.2. The summed E-state index contributed by atoms with van der Waals surface area (Å²) in [5.74, 6) is 3.38. The van der Waals surface area contributed by atoms with Crippen LogP contribution in [-0.4, -0.2) is 52.6 Å². The number of likely N-dealkylation sites (tertiary alicyclic amines) is 1. The molecule has 3 aliphatic rings. The highest BCUT2D eigenvalue weighted by molar-refractivity contribution is 7.15. The van der Waals surface area contributed by atoms with Crippen LogP contribution in [0.3, 0.4) is 0 Å². The third kappa shape index (κ3) is 3.74. The third-order valence-electron chi connectivity index (χ3n) is 8.98. The molecule has 6 rings (SSSR count). The highest BCUT2D eigenvalue weighted by Gasteiger charge is 2.40. The molecular formula is C29H37N5OS. The fraction of sp³-hybridized carbons (Fsp3) is 0.552. The van der Waals surface area contributed by atoms with E-state index in [1.165, 1.54) is 71.8 Å². The van der Waals surface area contributed by atoms with E-state index in [9.17, 15) is 0 Å². The minimum absolute atomic E-state index is 0.0785. The Bertz CT molecular complexity index is 1340. The fourth-order valence-electron chi connectivity index (χ4n) is 6.78. The lowest BCUT2D eigenvalue weighted by Gasteiger charge is -2.37. The predicted molar refractivity (Wildman–Crippen MR) is 146 cm³/mol. The van der Waals surface area contributed by atoms with Gasteiger partial charge in [-0.05, 0) is 102 Å². The summed E-state index contributed by atoms with van der Waals surface area (Å²) >= 11 is 1.80. The first kappa shape index (κ1) is 23.9. The molecular weight excluding hydrogens is 466 g/mol. The van der Waals surface area contributed by atoms with Crippen LogP contribution in [0.25, 0.3) is 5.00 Å². The molecule has 1 aromatic carbocycles. The number of hydrogen-bond acceptors (Lipinski definition) is 6. The molecule has 0 bridgehead atoms. The van der Waals surface area contributed by atoms with E-state index in [0.29, 0.717) is 11.3 Å². The van der Waals surface area contributed by atoms with Crippen molar-refractivity contribution in [3.63, 3.8) is 0 Å². The maximum atomic E-state index is 6.02. The highest BCUT2D eigenvalue weighted by Crippen LogP contribution is 2.49. The number of aryl methyl sites for hydroxylation is 2. The van der Waals surface area contributed by atoms with Gasteiger partial charge in [0.2, 0.25) is 0 Å². The summed E-state index contributed by atoms with van der Waals surface area (Å²) in [6.45, 7) is 11.1. The van der Waals surface area contributed by atoms with Gasteiger partial charge in [-0.2, -0.15) is 0 Å². The van der Waals surface area contributed by atoms with E-state index >= 15 is 0 Å². The molecule has 0 unspecified atom stereocenters. The minimum Gasteiger partial charge on any atom is -0.496 e. The first-order valence-electron chi connectivity index (χ1n) is 13.3. The van der Waals surface area contributed by atoms with Crippen LogP contribution in [0.15, 0.2) is 23.2 Å². The van der Waals surface area contributed by atoms with Crippen LogP contribution >= 0.6 is 11.3 Å². The monoisotopic (exact) mass is 503 g/mol. The number of fused-ring (bicyclic) bond motifs is 3. The molecule has 4 heterocycles. The zero-order chi connectivity index (χ0) is 25.2. The summed E-state index contributed by atoms with van der Waals surface area (Å²) in [5, 5.41) is 10.0. The molecule has 1 atom stereocenters. The van der Waals surface area contributed by atoms with Crippen LogP contribution in [0, 0.1) is 26.2 Å². The zero-order valence-corrected chi connectivity index (χ0v) is 23.2. The smallest absolute Gasteiger partial charge is 0.162 e. The Morgan fingerprint density at radius 2 is 1.86 bits per heavy atom. The number of aromatic nitrogens is 3. The van der Waals surface area contributed by atoms with E-state index in [0.717, 1.165) is 28.7 Å². The molecule has 0 amide bonds. The van der Waals surface area contributed by atoms with E-state index < -0.39 is 0 Å². The Morgan fingerprint density at radius 3 is 2.56 bits per heavy atom. The molecule has 1 saturated heterocycles. The number of aliphatic imine (C=N–C) groups is 1. The van der Waals surface area contributed by atoms with Crippen molar-refractivity contribution in [2.45, 2.75) is 71.8 Å². The molecule has 3 aromatic rings. The lowest BCUT2D eigenvalue weighted by atomic mass is 9.68. The average molecular weight is 504 g/mol. The first-order chi connectivity index (χ1) is 17.3. The normalized spacial score (nSPS) is 26.0. The summed E-state index contributed by atoms with van der Waals surface area (Å²) < 4.78 is 8.22. The maximum absolute atomic E-state index is 6.02. The van der Waals surface area contributed by atoms with Crippen molar-refractivity contribution >= 4 is 17.0 Å². The van der Waals surface area contributed by atoms with Gasteiger partial charge in [0.1, 0.15) is 22.6 Å². The van der Waals surface area contributed by atoms with Crippen LogP contribution in [0.5, 0.6) is 5.75 Å². The summed E-state index contributed by atoms with van der Waals surface area (Å²) in [6.07, 6.45) is 6.52. The second-order valence-electron chi connectivity index (χ2n) is 11.3. The summed E-state index contributed by atoms with van der Waals surface area (Å²) in [5.41, 5.74) is 6.54. The largest absolute Gasteiger partial charge is 0.496 e. The molecule has 0 N–H and O–H groups in total. The van der Waals surface area contributed by atoms with Gasteiger partial charge in [-0.15, -0.1) is 21.5 Å². The average Bonchev–Trinajstić information content (AvgIpc) is 3.50. The van der Waals surface area contributed by atoms with Crippen LogP contribution in [0.2, 0.25) is 0 Å². The van der Waals surface area contributed by atoms with E-state index in [1.54, 1.807) is 11.3 Å². The van der Waals surface area contributed by atoms with E-state index in [1.807, 2.05) is 14.0 Å². The van der Waals surface area contributed by atoms with Crippen molar-refractivity contribution in [3.05, 3.63) is 57.0 Å². The number of thiophene rings is 1. The fourth-order valence-corrected chi connectivity index (χ4v) is 8.00. The minimum atomic E-state index is -0.0785. The lowest BCUT2D eigenvalue weighted by Crippen LogP contribution is -2.29. The highest BCUT2D eigenvalue weighted by atomic mass is 32.1.